The van der Waals surface area contributed by atoms with Crippen LogP contribution in [0, 0.1) is 0 Å². The Kier molecular flexibility index (Phi) is 14.7. The number of halogens is 3. The minimum absolute atomic E-state index is 0. The molecule has 1 aromatic carbocycles. The van der Waals surface area contributed by atoms with E-state index in [0.717, 1.165) is 4.48 Å². The highest BCUT2D eigenvalue weighted by atomic mass is 79.9. The standard InChI is InChI=1S/C12H20N.3BrH/c1-4-13(5-2,6-3)12-10-8-7-9-11-12;;;/h7-11H,4-6H2,1-3H3;3*1H/q+1;;;/p-1. The molecule has 0 radical (unpaired) electrons. The molecule has 96 valence electrons. The second-order valence-electron chi connectivity index (χ2n) is 3.43. The quantitative estimate of drug-likeness (QED) is 0.644. The number of hydrogen-bond donors (Lipinski definition) is 0. The van der Waals surface area contributed by atoms with Gasteiger partial charge in [-0.3, -0.25) is 4.48 Å². The van der Waals surface area contributed by atoms with Crippen LogP contribution in [0.4, 0.5) is 5.69 Å². The lowest BCUT2D eigenvalue weighted by Gasteiger charge is -2.35. The van der Waals surface area contributed by atoms with E-state index in [-0.39, 0.29) is 50.9 Å². The van der Waals surface area contributed by atoms with Crippen molar-refractivity contribution in [1.82, 2.24) is 4.48 Å². The second kappa shape index (κ2) is 10.8. The maximum absolute atomic E-state index is 2.26. The molecule has 0 heterocycles. The van der Waals surface area contributed by atoms with E-state index in [9.17, 15) is 0 Å². The van der Waals surface area contributed by atoms with Crippen LogP contribution in [0.25, 0.3) is 0 Å². The van der Waals surface area contributed by atoms with E-state index in [0.29, 0.717) is 0 Å². The van der Waals surface area contributed by atoms with Gasteiger partial charge in [0.05, 0.1) is 19.6 Å². The highest BCUT2D eigenvalue weighted by Crippen LogP contribution is 2.21. The van der Waals surface area contributed by atoms with Crippen LogP contribution in [0.2, 0.25) is 0 Å². The fourth-order valence-electron chi connectivity index (χ4n) is 1.96. The van der Waals surface area contributed by atoms with E-state index in [4.69, 9.17) is 0 Å². The first kappa shape index (κ1) is 21.9. The van der Waals surface area contributed by atoms with Gasteiger partial charge in [0.1, 0.15) is 5.69 Å². The van der Waals surface area contributed by atoms with Crippen LogP contribution in [-0.2, 0) is 0 Å². The maximum atomic E-state index is 2.26. The van der Waals surface area contributed by atoms with Crippen LogP contribution < -0.4 is 21.5 Å². The van der Waals surface area contributed by atoms with Crippen molar-refractivity contribution in [2.45, 2.75) is 20.8 Å². The Hall–Kier alpha value is 0.620. The lowest BCUT2D eigenvalue weighted by Crippen LogP contribution is -3.00. The van der Waals surface area contributed by atoms with Gasteiger partial charge >= 0.3 is 0 Å². The summed E-state index contributed by atoms with van der Waals surface area (Å²) in [6.07, 6.45) is 0. The molecule has 0 N–H and O–H groups in total. The van der Waals surface area contributed by atoms with Crippen molar-refractivity contribution in [3.8, 4) is 0 Å². The average Bonchev–Trinajstić information content (AvgIpc) is 2.23. The molecule has 0 unspecified atom stereocenters. The third-order valence-electron chi connectivity index (χ3n) is 3.12. The number of quaternary nitrogens is 1. The zero-order valence-electron chi connectivity index (χ0n) is 10.1. The van der Waals surface area contributed by atoms with Crippen LogP contribution in [0.5, 0.6) is 0 Å². The third kappa shape index (κ3) is 4.86. The SMILES string of the molecule is Br.Br.CC[N+](CC)(CC)c1ccccc1.[Br-]. The first-order valence-corrected chi connectivity index (χ1v) is 5.20. The van der Waals surface area contributed by atoms with Crippen molar-refractivity contribution in [2.24, 2.45) is 0 Å². The summed E-state index contributed by atoms with van der Waals surface area (Å²) in [4.78, 5) is 0. The van der Waals surface area contributed by atoms with Crippen LogP contribution >= 0.6 is 34.0 Å². The first-order valence-electron chi connectivity index (χ1n) is 5.20. The molecular weight excluding hydrogens is 398 g/mol. The summed E-state index contributed by atoms with van der Waals surface area (Å²) in [6, 6.07) is 10.8. The molecule has 0 saturated heterocycles. The topological polar surface area (TPSA) is 0 Å². The summed E-state index contributed by atoms with van der Waals surface area (Å²) < 4.78 is 1.10. The largest absolute Gasteiger partial charge is 1.00 e. The fraction of sp³-hybridized carbons (Fsp3) is 0.500. The van der Waals surface area contributed by atoms with Crippen LogP contribution in [-0.4, -0.2) is 19.6 Å². The monoisotopic (exact) mass is 417 g/mol. The predicted octanol–water partition coefficient (Wildman–Crippen LogP) is 1.21. The van der Waals surface area contributed by atoms with Gasteiger partial charge in [-0.15, -0.1) is 34.0 Å². The minimum atomic E-state index is 0. The van der Waals surface area contributed by atoms with Gasteiger partial charge in [0, 0.05) is 0 Å². The summed E-state index contributed by atoms with van der Waals surface area (Å²) in [5, 5.41) is 0. The van der Waals surface area contributed by atoms with Crippen molar-refractivity contribution in [2.75, 3.05) is 19.6 Å². The van der Waals surface area contributed by atoms with Gasteiger partial charge < -0.3 is 17.0 Å². The van der Waals surface area contributed by atoms with Crippen LogP contribution in [0.15, 0.2) is 30.3 Å². The molecule has 0 spiro atoms. The van der Waals surface area contributed by atoms with Crippen molar-refractivity contribution in [3.05, 3.63) is 30.3 Å². The highest BCUT2D eigenvalue weighted by Gasteiger charge is 2.23. The Balaban J connectivity index is -0.000000563. The number of nitrogens with zero attached hydrogens (tertiary/aromatic N) is 1. The molecule has 0 saturated carbocycles. The molecule has 0 aliphatic carbocycles. The Bertz CT molecular complexity index is 239. The van der Waals surface area contributed by atoms with Crippen LogP contribution in [0.1, 0.15) is 20.8 Å². The lowest BCUT2D eigenvalue weighted by atomic mass is 10.2. The minimum Gasteiger partial charge on any atom is -1.00 e. The van der Waals surface area contributed by atoms with Crippen molar-refractivity contribution >= 4 is 39.7 Å². The zero-order chi connectivity index (χ0) is 9.73. The van der Waals surface area contributed by atoms with Gasteiger partial charge in [-0.1, -0.05) is 18.2 Å². The number of benzene rings is 1. The molecule has 1 nitrogen and oxygen atoms in total. The molecule has 0 bridgehead atoms. The summed E-state index contributed by atoms with van der Waals surface area (Å²) in [5.41, 5.74) is 1.44. The molecule has 4 heteroatoms. The van der Waals surface area contributed by atoms with Gasteiger partial charge in [-0.25, -0.2) is 0 Å². The Morgan fingerprint density at radius 3 is 1.50 bits per heavy atom. The number of hydrogen-bond acceptors (Lipinski definition) is 0. The van der Waals surface area contributed by atoms with E-state index >= 15 is 0 Å². The molecule has 0 fully saturated rings. The predicted molar refractivity (Wildman–Crippen MR) is 80.5 cm³/mol. The maximum Gasteiger partial charge on any atom is 0.132 e. The molecule has 0 atom stereocenters. The first-order chi connectivity index (χ1) is 6.29. The summed E-state index contributed by atoms with van der Waals surface area (Å²) in [7, 11) is 0. The molecule has 16 heavy (non-hydrogen) atoms. The van der Waals surface area contributed by atoms with Gasteiger partial charge in [-0.2, -0.15) is 0 Å². The molecule has 0 amide bonds. The molecule has 1 rings (SSSR count). The van der Waals surface area contributed by atoms with E-state index in [2.05, 4.69) is 51.1 Å². The lowest BCUT2D eigenvalue weighted by molar-refractivity contribution is -0.00000306. The fourth-order valence-corrected chi connectivity index (χ4v) is 1.96. The summed E-state index contributed by atoms with van der Waals surface area (Å²) in [6.45, 7) is 10.3. The number of rotatable bonds is 4. The third-order valence-corrected chi connectivity index (χ3v) is 3.12. The Labute approximate surface area is 131 Å². The molecule has 1 aromatic rings. The molecule has 0 aliphatic rings. The zero-order valence-corrected chi connectivity index (χ0v) is 15.2. The highest BCUT2D eigenvalue weighted by molar-refractivity contribution is 8.93. The molecule has 0 aliphatic heterocycles. The van der Waals surface area contributed by atoms with Crippen molar-refractivity contribution < 1.29 is 17.0 Å². The van der Waals surface area contributed by atoms with Crippen molar-refractivity contribution in [1.29, 1.82) is 0 Å². The molecule has 0 aromatic heterocycles. The van der Waals surface area contributed by atoms with Gasteiger partial charge in [0.15, 0.2) is 0 Å². The summed E-state index contributed by atoms with van der Waals surface area (Å²) in [5.74, 6) is 0. The molecular formula is C12H22Br3N. The van der Waals surface area contributed by atoms with E-state index in [1.165, 1.54) is 25.3 Å². The summed E-state index contributed by atoms with van der Waals surface area (Å²) >= 11 is 0. The smallest absolute Gasteiger partial charge is 0.132 e. The van der Waals surface area contributed by atoms with E-state index in [1.54, 1.807) is 0 Å². The van der Waals surface area contributed by atoms with Crippen LogP contribution in [0.3, 0.4) is 0 Å². The second-order valence-corrected chi connectivity index (χ2v) is 3.43. The Morgan fingerprint density at radius 1 is 0.812 bits per heavy atom. The van der Waals surface area contributed by atoms with E-state index in [1.807, 2.05) is 0 Å². The van der Waals surface area contributed by atoms with Crippen molar-refractivity contribution in [3.63, 3.8) is 0 Å². The van der Waals surface area contributed by atoms with E-state index < -0.39 is 0 Å². The Morgan fingerprint density at radius 2 is 1.19 bits per heavy atom. The van der Waals surface area contributed by atoms with Gasteiger partial charge in [0.2, 0.25) is 0 Å². The number of para-hydroxylation sites is 1. The average molecular weight is 420 g/mol. The van der Waals surface area contributed by atoms with Gasteiger partial charge in [-0.05, 0) is 32.9 Å². The normalized spacial score (nSPS) is 9.44. The van der Waals surface area contributed by atoms with Gasteiger partial charge in [0.25, 0.3) is 0 Å².